The first-order valence-electron chi connectivity index (χ1n) is 9.02. The lowest BCUT2D eigenvalue weighted by Gasteiger charge is -2.33. The Morgan fingerprint density at radius 3 is 2.85 bits per heavy atom. The molecule has 140 valence electrons. The van der Waals surface area contributed by atoms with Crippen LogP contribution >= 0.6 is 0 Å². The monoisotopic (exact) mass is 371 g/mol. The van der Waals surface area contributed by atoms with E-state index in [1.54, 1.807) is 18.3 Å². The molecule has 1 aromatic carbocycles. The fourth-order valence-corrected chi connectivity index (χ4v) is 3.66. The lowest BCUT2D eigenvalue weighted by atomic mass is 9.91. The van der Waals surface area contributed by atoms with Crippen molar-refractivity contribution in [2.45, 2.75) is 25.7 Å². The number of pyridine rings is 1. The van der Waals surface area contributed by atoms with Gasteiger partial charge in [0.05, 0.1) is 0 Å². The van der Waals surface area contributed by atoms with E-state index in [1.165, 1.54) is 22.7 Å². The Kier molecular flexibility index (Phi) is 4.79. The molecule has 1 amide bonds. The van der Waals surface area contributed by atoms with Gasteiger partial charge in [-0.25, -0.2) is 13.3 Å². The number of fused-ring (bicyclic) bond motifs is 1. The van der Waals surface area contributed by atoms with E-state index in [2.05, 4.69) is 15.5 Å². The highest BCUT2D eigenvalue weighted by atomic mass is 19.1. The lowest BCUT2D eigenvalue weighted by Crippen LogP contribution is -2.40. The second-order valence-electron chi connectivity index (χ2n) is 6.90. The number of likely N-dealkylation sites (tertiary alicyclic amines) is 1. The summed E-state index contributed by atoms with van der Waals surface area (Å²) in [7, 11) is 0. The summed E-state index contributed by atoms with van der Waals surface area (Å²) in [4.78, 5) is 14.6. The number of piperidine rings is 1. The minimum Gasteiger partial charge on any atom is -0.338 e. The highest BCUT2D eigenvalue weighted by Gasteiger charge is 2.25. The minimum atomic E-state index is -0.506. The van der Waals surface area contributed by atoms with Gasteiger partial charge in [-0.1, -0.05) is 6.07 Å². The van der Waals surface area contributed by atoms with Crippen LogP contribution in [0.15, 0.2) is 36.5 Å². The molecular weight excluding hydrogens is 352 g/mol. The largest absolute Gasteiger partial charge is 0.338 e. The Morgan fingerprint density at radius 1 is 1.22 bits per heavy atom. The van der Waals surface area contributed by atoms with Gasteiger partial charge in [-0.2, -0.15) is 0 Å². The molecule has 0 N–H and O–H groups in total. The summed E-state index contributed by atoms with van der Waals surface area (Å²) in [5.41, 5.74) is 1.19. The van der Waals surface area contributed by atoms with Crippen LogP contribution in [0.3, 0.4) is 0 Å². The van der Waals surface area contributed by atoms with Gasteiger partial charge in [0, 0.05) is 30.4 Å². The number of hydrogen-bond donors (Lipinski definition) is 0. The van der Waals surface area contributed by atoms with Crippen molar-refractivity contribution in [1.29, 1.82) is 0 Å². The molecule has 8 heteroatoms. The van der Waals surface area contributed by atoms with Crippen molar-refractivity contribution >= 4 is 11.6 Å². The number of rotatable bonds is 4. The van der Waals surface area contributed by atoms with Gasteiger partial charge in [-0.3, -0.25) is 4.79 Å². The summed E-state index contributed by atoms with van der Waals surface area (Å²) in [6, 6.07) is 7.30. The standard InChI is InChI=1S/C19H19F2N5O/c20-16-4-1-5-17(21)15(16)7-6-13-3-2-9-25(12-13)19(27)14-8-10-26-18(11-14)22-23-24-26/h1,4-5,8,10-11,13H,2-3,6-7,9,12H2/t13-/m0/s1. The van der Waals surface area contributed by atoms with E-state index < -0.39 is 11.6 Å². The number of aromatic nitrogens is 4. The van der Waals surface area contributed by atoms with Crippen LogP contribution in [0.4, 0.5) is 8.78 Å². The Balaban J connectivity index is 1.42. The Labute approximate surface area is 154 Å². The zero-order valence-corrected chi connectivity index (χ0v) is 14.7. The summed E-state index contributed by atoms with van der Waals surface area (Å²) in [5, 5.41) is 11.2. The normalized spacial score (nSPS) is 17.4. The lowest BCUT2D eigenvalue weighted by molar-refractivity contribution is 0.0668. The second-order valence-corrected chi connectivity index (χ2v) is 6.90. The molecule has 1 aliphatic heterocycles. The molecule has 0 spiro atoms. The predicted molar refractivity (Wildman–Crippen MR) is 94.1 cm³/mol. The molecule has 0 unspecified atom stereocenters. The van der Waals surface area contributed by atoms with E-state index >= 15 is 0 Å². The Bertz CT molecular complexity index is 953. The van der Waals surface area contributed by atoms with Crippen molar-refractivity contribution in [2.24, 2.45) is 5.92 Å². The third-order valence-electron chi connectivity index (χ3n) is 5.12. The number of nitrogens with zero attached hydrogens (tertiary/aromatic N) is 5. The first-order valence-corrected chi connectivity index (χ1v) is 9.02. The van der Waals surface area contributed by atoms with Gasteiger partial charge >= 0.3 is 0 Å². The van der Waals surface area contributed by atoms with Gasteiger partial charge in [0.1, 0.15) is 11.6 Å². The summed E-state index contributed by atoms with van der Waals surface area (Å²) < 4.78 is 29.1. The van der Waals surface area contributed by atoms with Crippen LogP contribution in [-0.4, -0.2) is 43.9 Å². The molecule has 3 aromatic rings. The molecule has 0 radical (unpaired) electrons. The number of hydrogen-bond acceptors (Lipinski definition) is 4. The summed E-state index contributed by atoms with van der Waals surface area (Å²) in [5.74, 6) is -0.856. The molecule has 1 saturated heterocycles. The number of carbonyl (C=O) groups is 1. The highest BCUT2D eigenvalue weighted by molar-refractivity contribution is 5.95. The highest BCUT2D eigenvalue weighted by Crippen LogP contribution is 2.24. The molecule has 6 nitrogen and oxygen atoms in total. The van der Waals surface area contributed by atoms with Crippen LogP contribution < -0.4 is 0 Å². The van der Waals surface area contributed by atoms with E-state index in [-0.39, 0.29) is 17.4 Å². The van der Waals surface area contributed by atoms with Crippen molar-refractivity contribution in [1.82, 2.24) is 24.9 Å². The molecule has 2 aromatic heterocycles. The maximum atomic E-state index is 13.8. The topological polar surface area (TPSA) is 63.4 Å². The third kappa shape index (κ3) is 3.65. The van der Waals surface area contributed by atoms with E-state index in [9.17, 15) is 13.6 Å². The van der Waals surface area contributed by atoms with Gasteiger partial charge < -0.3 is 4.90 Å². The molecule has 0 bridgehead atoms. The summed E-state index contributed by atoms with van der Waals surface area (Å²) >= 11 is 0. The fourth-order valence-electron chi connectivity index (χ4n) is 3.66. The molecule has 3 heterocycles. The maximum Gasteiger partial charge on any atom is 0.254 e. The van der Waals surface area contributed by atoms with Crippen LogP contribution in [-0.2, 0) is 6.42 Å². The number of halogens is 2. The van der Waals surface area contributed by atoms with Crippen LogP contribution in [0, 0.1) is 17.6 Å². The quantitative estimate of drug-likeness (QED) is 0.707. The number of amides is 1. The molecule has 1 aliphatic rings. The molecule has 1 fully saturated rings. The number of carbonyl (C=O) groups excluding carboxylic acids is 1. The zero-order valence-electron chi connectivity index (χ0n) is 14.7. The zero-order chi connectivity index (χ0) is 18.8. The number of tetrazole rings is 1. The SMILES string of the molecule is O=C(c1ccn2nnnc2c1)N1CCC[C@@H](CCc2c(F)cccc2F)C1. The van der Waals surface area contributed by atoms with E-state index in [0.717, 1.165) is 12.8 Å². The van der Waals surface area contributed by atoms with Gasteiger partial charge in [-0.05, 0) is 66.3 Å². The van der Waals surface area contributed by atoms with Gasteiger partial charge in [0.15, 0.2) is 5.65 Å². The van der Waals surface area contributed by atoms with Crippen LogP contribution in [0.1, 0.15) is 35.2 Å². The molecule has 0 saturated carbocycles. The van der Waals surface area contributed by atoms with Gasteiger partial charge in [-0.15, -0.1) is 5.10 Å². The van der Waals surface area contributed by atoms with Crippen molar-refractivity contribution in [3.63, 3.8) is 0 Å². The molecule has 4 rings (SSSR count). The Hall–Kier alpha value is -2.90. The molecular formula is C19H19F2N5O. The van der Waals surface area contributed by atoms with Crippen LogP contribution in [0.5, 0.6) is 0 Å². The predicted octanol–water partition coefficient (Wildman–Crippen LogP) is 2.89. The minimum absolute atomic E-state index is 0.0673. The Morgan fingerprint density at radius 2 is 2.04 bits per heavy atom. The van der Waals surface area contributed by atoms with E-state index in [1.807, 2.05) is 4.90 Å². The first kappa shape index (κ1) is 17.5. The molecule has 27 heavy (non-hydrogen) atoms. The smallest absolute Gasteiger partial charge is 0.254 e. The fraction of sp³-hybridized carbons (Fsp3) is 0.368. The van der Waals surface area contributed by atoms with E-state index in [0.29, 0.717) is 37.1 Å². The third-order valence-corrected chi connectivity index (χ3v) is 5.12. The number of benzene rings is 1. The van der Waals surface area contributed by atoms with E-state index in [4.69, 9.17) is 0 Å². The van der Waals surface area contributed by atoms with Crippen LogP contribution in [0.25, 0.3) is 5.65 Å². The first-order chi connectivity index (χ1) is 13.1. The summed E-state index contributed by atoms with van der Waals surface area (Å²) in [6.07, 6.45) is 4.47. The average Bonchev–Trinajstić information content (AvgIpc) is 3.15. The molecule has 0 aliphatic carbocycles. The van der Waals surface area contributed by atoms with Gasteiger partial charge in [0.2, 0.25) is 0 Å². The molecule has 1 atom stereocenters. The average molecular weight is 371 g/mol. The maximum absolute atomic E-state index is 13.8. The van der Waals surface area contributed by atoms with Crippen LogP contribution in [0.2, 0.25) is 0 Å². The van der Waals surface area contributed by atoms with Gasteiger partial charge in [0.25, 0.3) is 5.91 Å². The summed E-state index contributed by atoms with van der Waals surface area (Å²) in [6.45, 7) is 1.27. The second kappa shape index (κ2) is 7.38. The van der Waals surface area contributed by atoms with Crippen molar-refractivity contribution in [3.05, 3.63) is 59.3 Å². The van der Waals surface area contributed by atoms with Crippen molar-refractivity contribution in [2.75, 3.05) is 13.1 Å². The van der Waals surface area contributed by atoms with Crippen molar-refractivity contribution < 1.29 is 13.6 Å². The van der Waals surface area contributed by atoms with Crippen molar-refractivity contribution in [3.8, 4) is 0 Å².